The molecule has 0 spiro atoms. The quantitative estimate of drug-likeness (QED) is 0.158. The minimum atomic E-state index is 0. The fourth-order valence-corrected chi connectivity index (χ4v) is 2.04. The second-order valence-corrected chi connectivity index (χ2v) is 6.01. The molecule has 2 aliphatic rings. The summed E-state index contributed by atoms with van der Waals surface area (Å²) < 4.78 is 0. The van der Waals surface area contributed by atoms with Gasteiger partial charge in [0.1, 0.15) is 0 Å². The number of aliphatic hydroxyl groups excluding tert-OH is 2. The number of halogens is 1. The first kappa shape index (κ1) is 32.5. The molecule has 0 aromatic carbocycles. The van der Waals surface area contributed by atoms with Crippen LogP contribution in [0.15, 0.2) is 0 Å². The minimum absolute atomic E-state index is 0. The van der Waals surface area contributed by atoms with E-state index >= 15 is 0 Å². The zero-order valence-electron chi connectivity index (χ0n) is 15.0. The van der Waals surface area contributed by atoms with Gasteiger partial charge in [-0.3, -0.25) is 0 Å². The molecular formula is C19H36ClLiN2O2. The number of nitrogens with two attached hydrogens (primary N) is 2. The molecule has 4 atom stereocenters. The molecule has 0 bridgehead atoms. The van der Waals surface area contributed by atoms with Crippen LogP contribution in [0.3, 0.4) is 0 Å². The van der Waals surface area contributed by atoms with E-state index in [0.717, 1.165) is 50.8 Å². The van der Waals surface area contributed by atoms with Crippen LogP contribution in [0.2, 0.25) is 0 Å². The van der Waals surface area contributed by atoms with Gasteiger partial charge in [0.05, 0.1) is 12.2 Å². The van der Waals surface area contributed by atoms with E-state index in [1.165, 1.54) is 0 Å². The maximum Gasteiger partial charge on any atom is 1.00 e. The van der Waals surface area contributed by atoms with Gasteiger partial charge in [-0.25, -0.2) is 0 Å². The smallest absolute Gasteiger partial charge is 0.697 e. The van der Waals surface area contributed by atoms with Crippen LogP contribution in [-0.4, -0.2) is 41.4 Å². The molecule has 2 fully saturated rings. The van der Waals surface area contributed by atoms with E-state index in [1.54, 1.807) is 0 Å². The Kier molecular flexibility index (Phi) is 31.0. The molecule has 25 heavy (non-hydrogen) atoms. The average Bonchev–Trinajstić information content (AvgIpc) is 3.48. The zero-order valence-corrected chi connectivity index (χ0v) is 15.7. The Hall–Kier alpha value is -0.153. The number of hydrogen-bond donors (Lipinski definition) is 4. The van der Waals surface area contributed by atoms with Gasteiger partial charge in [-0.2, -0.15) is 0 Å². The fourth-order valence-electron chi connectivity index (χ4n) is 1.89. The van der Waals surface area contributed by atoms with Gasteiger partial charge in [-0.15, -0.1) is 23.9 Å². The Bertz CT molecular complexity index is 322. The standard InChI is InChI=1S/C8H12O.C6H11ClO.C2H8N2.C2H.CH4.Li/c1-2-3-4-5-7-6-8(7)9;7-3-1-2-5-4-6(5)8;3-1-2-4;1-2;;/h1,7-9H,3-6H2;5-6,8H,1-4H2;1-4H2;1H;1H4;/q;;;-1;;+1/t7-,8-;5-,6-;;;;/m11..../s1. The van der Waals surface area contributed by atoms with Gasteiger partial charge >= 0.3 is 18.9 Å². The van der Waals surface area contributed by atoms with Crippen LogP contribution in [0.25, 0.3) is 0 Å². The molecule has 0 aliphatic heterocycles. The van der Waals surface area contributed by atoms with Gasteiger partial charge < -0.3 is 34.5 Å². The zero-order chi connectivity index (χ0) is 18.1. The van der Waals surface area contributed by atoms with Crippen LogP contribution in [-0.2, 0) is 0 Å². The number of hydrogen-bond acceptors (Lipinski definition) is 4. The SMILES string of the molecule is C.C#CCCC[C@@H]1C[C@H]1O.NCCN.O[C@@H]1C[C@H]1CCCCl.[C-]#C.[Li+]. The van der Waals surface area contributed by atoms with E-state index in [2.05, 4.69) is 12.3 Å². The largest absolute Gasteiger partial charge is 1.00 e. The van der Waals surface area contributed by atoms with Crippen LogP contribution in [0, 0.1) is 37.0 Å². The van der Waals surface area contributed by atoms with Gasteiger partial charge in [0.25, 0.3) is 0 Å². The Labute approximate surface area is 172 Å². The van der Waals surface area contributed by atoms with Crippen molar-refractivity contribution in [3.05, 3.63) is 6.42 Å². The summed E-state index contributed by atoms with van der Waals surface area (Å²) >= 11 is 5.44. The Balaban J connectivity index is -0.000000128. The van der Waals surface area contributed by atoms with Crippen molar-refractivity contribution in [2.75, 3.05) is 19.0 Å². The first-order valence-corrected chi connectivity index (χ1v) is 8.68. The van der Waals surface area contributed by atoms with Crippen molar-refractivity contribution in [1.82, 2.24) is 0 Å². The van der Waals surface area contributed by atoms with Gasteiger partial charge in [-0.05, 0) is 50.4 Å². The van der Waals surface area contributed by atoms with E-state index in [-0.39, 0.29) is 38.5 Å². The molecule has 0 radical (unpaired) electrons. The van der Waals surface area contributed by atoms with Crippen LogP contribution >= 0.6 is 11.6 Å². The molecule has 0 heterocycles. The average molecular weight is 367 g/mol. The van der Waals surface area contributed by atoms with Crippen LogP contribution in [0.4, 0.5) is 0 Å². The monoisotopic (exact) mass is 366 g/mol. The summed E-state index contributed by atoms with van der Waals surface area (Å²) in [5.41, 5.74) is 9.81. The van der Waals surface area contributed by atoms with E-state index in [0.29, 0.717) is 24.9 Å². The molecule has 2 saturated carbocycles. The molecule has 2 rings (SSSR count). The molecule has 0 aromatic heterocycles. The first-order valence-electron chi connectivity index (χ1n) is 8.15. The number of terminal acetylenes is 2. The predicted octanol–water partition coefficient (Wildman–Crippen LogP) is -0.693. The van der Waals surface area contributed by atoms with Crippen molar-refractivity contribution in [3.8, 4) is 18.8 Å². The van der Waals surface area contributed by atoms with Crippen molar-refractivity contribution in [2.45, 2.75) is 64.6 Å². The fraction of sp³-hybridized carbons (Fsp3) is 0.789. The molecule has 6 N–H and O–H groups in total. The van der Waals surface area contributed by atoms with Crippen LogP contribution in [0.5, 0.6) is 0 Å². The molecule has 2 aliphatic carbocycles. The Morgan fingerprint density at radius 2 is 1.36 bits per heavy atom. The summed E-state index contributed by atoms with van der Waals surface area (Å²) in [6.45, 7) is 1.19. The second kappa shape index (κ2) is 23.8. The second-order valence-electron chi connectivity index (χ2n) is 5.63. The van der Waals surface area contributed by atoms with E-state index in [1.807, 2.05) is 0 Å². The normalized spacial score (nSPS) is 23.9. The van der Waals surface area contributed by atoms with Crippen molar-refractivity contribution >= 4 is 11.6 Å². The Morgan fingerprint density at radius 1 is 1.00 bits per heavy atom. The molecule has 0 amide bonds. The van der Waals surface area contributed by atoms with E-state index in [4.69, 9.17) is 46.1 Å². The molecule has 0 aromatic rings. The van der Waals surface area contributed by atoms with E-state index < -0.39 is 0 Å². The number of alkyl halides is 1. The Morgan fingerprint density at radius 3 is 1.60 bits per heavy atom. The first-order chi connectivity index (χ1) is 11.1. The predicted molar refractivity (Wildman–Crippen MR) is 104 cm³/mol. The maximum absolute atomic E-state index is 8.87. The summed E-state index contributed by atoms with van der Waals surface area (Å²) in [6, 6.07) is 0. The molecule has 0 unspecified atom stereocenters. The molecule has 0 saturated heterocycles. The molecule has 6 heteroatoms. The number of rotatable bonds is 7. The number of unbranched alkanes of at least 4 members (excludes halogenated alkanes) is 1. The topological polar surface area (TPSA) is 92.5 Å². The van der Waals surface area contributed by atoms with Gasteiger partial charge in [0.15, 0.2) is 0 Å². The van der Waals surface area contributed by atoms with Gasteiger partial charge in [0.2, 0.25) is 0 Å². The van der Waals surface area contributed by atoms with Crippen molar-refractivity contribution in [1.29, 1.82) is 0 Å². The van der Waals surface area contributed by atoms with Gasteiger partial charge in [0, 0.05) is 25.4 Å². The molecule has 4 nitrogen and oxygen atoms in total. The maximum atomic E-state index is 8.87. The summed E-state index contributed by atoms with van der Waals surface area (Å²) in [5, 5.41) is 17.7. The van der Waals surface area contributed by atoms with Crippen molar-refractivity contribution < 1.29 is 29.1 Å². The third kappa shape index (κ3) is 23.8. The summed E-state index contributed by atoms with van der Waals surface area (Å²) in [5.74, 6) is 4.50. The summed E-state index contributed by atoms with van der Waals surface area (Å²) in [4.78, 5) is 0. The minimum Gasteiger partial charge on any atom is -0.697 e. The van der Waals surface area contributed by atoms with Crippen molar-refractivity contribution in [2.24, 2.45) is 23.3 Å². The molecule has 142 valence electrons. The van der Waals surface area contributed by atoms with Crippen molar-refractivity contribution in [3.63, 3.8) is 0 Å². The summed E-state index contributed by atoms with van der Waals surface area (Å²) in [7, 11) is 0. The van der Waals surface area contributed by atoms with Gasteiger partial charge in [-0.1, -0.05) is 7.43 Å². The third-order valence-corrected chi connectivity index (χ3v) is 3.81. The summed E-state index contributed by atoms with van der Waals surface area (Å²) in [6.07, 6.45) is 21.3. The van der Waals surface area contributed by atoms with E-state index in [9.17, 15) is 0 Å². The third-order valence-electron chi connectivity index (χ3n) is 3.54. The molecular weight excluding hydrogens is 331 g/mol. The van der Waals surface area contributed by atoms with Crippen LogP contribution < -0.4 is 30.3 Å². The number of aliphatic hydroxyl groups is 2. The van der Waals surface area contributed by atoms with Crippen LogP contribution in [0.1, 0.15) is 52.4 Å².